The van der Waals surface area contributed by atoms with Crippen LogP contribution in [0.4, 0.5) is 4.79 Å². The maximum absolute atomic E-state index is 12.2. The standard InChI is InChI=1S/C19H28N2O2/c1-21(14-15-7-10-23-11-8-15)19(22)20-9-6-16-12-17-4-2-3-5-18(17)13-16/h2-5,15-16H,6-14H2,1H3,(H,20,22). The second-order valence-electron chi connectivity index (χ2n) is 7.00. The average Bonchev–Trinajstić information content (AvgIpc) is 2.98. The Balaban J connectivity index is 1.35. The highest BCUT2D eigenvalue weighted by atomic mass is 16.5. The van der Waals surface area contributed by atoms with Crippen LogP contribution in [0.1, 0.15) is 30.4 Å². The van der Waals surface area contributed by atoms with E-state index in [1.807, 2.05) is 11.9 Å². The summed E-state index contributed by atoms with van der Waals surface area (Å²) < 4.78 is 5.37. The summed E-state index contributed by atoms with van der Waals surface area (Å²) in [4.78, 5) is 14.0. The third kappa shape index (κ3) is 4.47. The van der Waals surface area contributed by atoms with E-state index in [0.29, 0.717) is 11.8 Å². The van der Waals surface area contributed by atoms with Crippen LogP contribution in [0.5, 0.6) is 0 Å². The van der Waals surface area contributed by atoms with Crippen molar-refractivity contribution in [2.24, 2.45) is 11.8 Å². The Morgan fingerprint density at radius 3 is 2.48 bits per heavy atom. The summed E-state index contributed by atoms with van der Waals surface area (Å²) in [6.07, 6.45) is 5.51. The molecule has 4 nitrogen and oxygen atoms in total. The predicted molar refractivity (Wildman–Crippen MR) is 91.5 cm³/mol. The molecule has 2 aliphatic rings. The van der Waals surface area contributed by atoms with Gasteiger partial charge in [-0.05, 0) is 55.1 Å². The molecule has 0 atom stereocenters. The molecule has 4 heteroatoms. The minimum absolute atomic E-state index is 0.0620. The molecule has 1 aliphatic carbocycles. The molecule has 2 amide bonds. The molecule has 0 aromatic heterocycles. The van der Waals surface area contributed by atoms with Crippen molar-refractivity contribution in [1.29, 1.82) is 0 Å². The molecule has 0 unspecified atom stereocenters. The first kappa shape index (κ1) is 16.3. The van der Waals surface area contributed by atoms with E-state index >= 15 is 0 Å². The van der Waals surface area contributed by atoms with Crippen LogP contribution in [0, 0.1) is 11.8 Å². The molecule has 1 saturated heterocycles. The van der Waals surface area contributed by atoms with Gasteiger partial charge < -0.3 is 15.0 Å². The van der Waals surface area contributed by atoms with Gasteiger partial charge in [-0.2, -0.15) is 0 Å². The first-order valence-corrected chi connectivity index (χ1v) is 8.86. The average molecular weight is 316 g/mol. The van der Waals surface area contributed by atoms with Gasteiger partial charge in [0.25, 0.3) is 0 Å². The van der Waals surface area contributed by atoms with Crippen molar-refractivity contribution in [3.8, 4) is 0 Å². The minimum Gasteiger partial charge on any atom is -0.381 e. The number of carbonyl (C=O) groups excluding carboxylic acids is 1. The fourth-order valence-corrected chi connectivity index (χ4v) is 3.77. The maximum Gasteiger partial charge on any atom is 0.317 e. The number of benzene rings is 1. The Labute approximate surface area is 139 Å². The summed E-state index contributed by atoms with van der Waals surface area (Å²) in [5.41, 5.74) is 2.97. The third-order valence-electron chi connectivity index (χ3n) is 5.18. The lowest BCUT2D eigenvalue weighted by Gasteiger charge is -2.27. The number of hydrogen-bond donors (Lipinski definition) is 1. The van der Waals surface area contributed by atoms with Crippen molar-refractivity contribution in [2.75, 3.05) is 33.4 Å². The van der Waals surface area contributed by atoms with Crippen LogP contribution in [0.2, 0.25) is 0 Å². The second-order valence-corrected chi connectivity index (χ2v) is 7.00. The zero-order valence-electron chi connectivity index (χ0n) is 14.1. The summed E-state index contributed by atoms with van der Waals surface area (Å²) in [6.45, 7) is 3.28. The number of rotatable bonds is 5. The lowest BCUT2D eigenvalue weighted by Crippen LogP contribution is -2.41. The molecule has 0 saturated carbocycles. The molecule has 126 valence electrons. The number of hydrogen-bond acceptors (Lipinski definition) is 2. The monoisotopic (exact) mass is 316 g/mol. The Kier molecular flexibility index (Phi) is 5.55. The van der Waals surface area contributed by atoms with Gasteiger partial charge in [-0.1, -0.05) is 24.3 Å². The second kappa shape index (κ2) is 7.82. The first-order valence-electron chi connectivity index (χ1n) is 8.86. The highest BCUT2D eigenvalue weighted by Crippen LogP contribution is 2.28. The lowest BCUT2D eigenvalue weighted by molar-refractivity contribution is 0.0586. The fourth-order valence-electron chi connectivity index (χ4n) is 3.77. The molecule has 1 aliphatic heterocycles. The van der Waals surface area contributed by atoms with Crippen molar-refractivity contribution in [3.63, 3.8) is 0 Å². The number of urea groups is 1. The van der Waals surface area contributed by atoms with E-state index in [9.17, 15) is 4.79 Å². The molecule has 0 spiro atoms. The number of nitrogens with one attached hydrogen (secondary N) is 1. The van der Waals surface area contributed by atoms with E-state index < -0.39 is 0 Å². The molecule has 3 rings (SSSR count). The number of ether oxygens (including phenoxy) is 1. The van der Waals surface area contributed by atoms with Crippen LogP contribution >= 0.6 is 0 Å². The van der Waals surface area contributed by atoms with Crippen LogP contribution in [-0.2, 0) is 17.6 Å². The lowest BCUT2D eigenvalue weighted by atomic mass is 10.00. The van der Waals surface area contributed by atoms with Crippen LogP contribution in [0.15, 0.2) is 24.3 Å². The van der Waals surface area contributed by atoms with Crippen LogP contribution in [0.25, 0.3) is 0 Å². The number of carbonyl (C=O) groups is 1. The quantitative estimate of drug-likeness (QED) is 0.907. The van der Waals surface area contributed by atoms with Crippen molar-refractivity contribution in [1.82, 2.24) is 10.2 Å². The van der Waals surface area contributed by atoms with Crippen molar-refractivity contribution in [2.45, 2.75) is 32.1 Å². The zero-order valence-corrected chi connectivity index (χ0v) is 14.1. The van der Waals surface area contributed by atoms with Gasteiger partial charge >= 0.3 is 6.03 Å². The van der Waals surface area contributed by atoms with E-state index in [1.165, 1.54) is 11.1 Å². The molecule has 0 radical (unpaired) electrons. The van der Waals surface area contributed by atoms with E-state index in [2.05, 4.69) is 29.6 Å². The van der Waals surface area contributed by atoms with Gasteiger partial charge in [0.05, 0.1) is 0 Å². The van der Waals surface area contributed by atoms with E-state index in [4.69, 9.17) is 4.74 Å². The SMILES string of the molecule is CN(CC1CCOCC1)C(=O)NCCC1Cc2ccccc2C1. The molecule has 0 bridgehead atoms. The highest BCUT2D eigenvalue weighted by Gasteiger charge is 2.21. The molecular weight excluding hydrogens is 288 g/mol. The minimum atomic E-state index is 0.0620. The normalized spacial score (nSPS) is 18.7. The maximum atomic E-state index is 12.2. The third-order valence-corrected chi connectivity index (χ3v) is 5.18. The molecule has 1 fully saturated rings. The topological polar surface area (TPSA) is 41.6 Å². The summed E-state index contributed by atoms with van der Waals surface area (Å²) >= 11 is 0. The van der Waals surface area contributed by atoms with Crippen molar-refractivity contribution >= 4 is 6.03 Å². The Morgan fingerprint density at radius 2 is 1.83 bits per heavy atom. The van der Waals surface area contributed by atoms with Crippen molar-refractivity contribution < 1.29 is 9.53 Å². The molecule has 23 heavy (non-hydrogen) atoms. The number of amides is 2. The van der Waals surface area contributed by atoms with Gasteiger partial charge in [-0.15, -0.1) is 0 Å². The van der Waals surface area contributed by atoms with Crippen LogP contribution in [0.3, 0.4) is 0 Å². The Bertz CT molecular complexity index is 501. The number of nitrogens with zero attached hydrogens (tertiary/aromatic N) is 1. The molecule has 1 heterocycles. The summed E-state index contributed by atoms with van der Waals surface area (Å²) in [7, 11) is 1.90. The smallest absolute Gasteiger partial charge is 0.317 e. The molecule has 1 aromatic carbocycles. The number of fused-ring (bicyclic) bond motifs is 1. The summed E-state index contributed by atoms with van der Waals surface area (Å²) in [5, 5.41) is 3.08. The van der Waals surface area contributed by atoms with E-state index in [-0.39, 0.29) is 6.03 Å². The molecular formula is C19H28N2O2. The van der Waals surface area contributed by atoms with Gasteiger partial charge in [0.1, 0.15) is 0 Å². The largest absolute Gasteiger partial charge is 0.381 e. The highest BCUT2D eigenvalue weighted by molar-refractivity contribution is 5.73. The van der Waals surface area contributed by atoms with Crippen LogP contribution in [-0.4, -0.2) is 44.3 Å². The van der Waals surface area contributed by atoms with Gasteiger partial charge in [-0.25, -0.2) is 4.79 Å². The summed E-state index contributed by atoms with van der Waals surface area (Å²) in [5.74, 6) is 1.26. The van der Waals surface area contributed by atoms with Gasteiger partial charge in [0, 0.05) is 33.4 Å². The van der Waals surface area contributed by atoms with E-state index in [0.717, 1.165) is 58.4 Å². The zero-order chi connectivity index (χ0) is 16.1. The Morgan fingerprint density at radius 1 is 1.17 bits per heavy atom. The fraction of sp³-hybridized carbons (Fsp3) is 0.632. The molecule has 1 N–H and O–H groups in total. The van der Waals surface area contributed by atoms with Gasteiger partial charge in [-0.3, -0.25) is 0 Å². The molecule has 1 aromatic rings. The van der Waals surface area contributed by atoms with Gasteiger partial charge in [0.15, 0.2) is 0 Å². The summed E-state index contributed by atoms with van der Waals surface area (Å²) in [6, 6.07) is 8.76. The van der Waals surface area contributed by atoms with Gasteiger partial charge in [0.2, 0.25) is 0 Å². The van der Waals surface area contributed by atoms with Crippen LogP contribution < -0.4 is 5.32 Å². The van der Waals surface area contributed by atoms with Crippen molar-refractivity contribution in [3.05, 3.63) is 35.4 Å². The Hall–Kier alpha value is -1.55. The van der Waals surface area contributed by atoms with E-state index in [1.54, 1.807) is 0 Å². The first-order chi connectivity index (χ1) is 11.2. The predicted octanol–water partition coefficient (Wildman–Crippen LogP) is 2.86.